The number of amides is 1. The van der Waals surface area contributed by atoms with Gasteiger partial charge >= 0.3 is 0 Å². The number of likely N-dealkylation sites (N-methyl/N-ethyl adjacent to an activating group) is 1. The fourth-order valence-corrected chi connectivity index (χ4v) is 3.31. The third kappa shape index (κ3) is 4.43. The number of fused-ring (bicyclic) bond motifs is 1. The van der Waals surface area contributed by atoms with Crippen LogP contribution in [0.4, 0.5) is 5.69 Å². The molecule has 1 atom stereocenters. The van der Waals surface area contributed by atoms with Crippen molar-refractivity contribution < 1.29 is 4.79 Å². The van der Waals surface area contributed by atoms with Crippen LogP contribution >= 0.6 is 15.9 Å². The standard InChI is InChI=1S/C20H21BrN4O2/c1-12-10-14(21)8-9-16(12)22-18(26)11-25(3)13(2)19-23-17-7-5-4-6-15(17)20(27)24-19/h4-10,13H,11H2,1-3H3,(H,22,26)(H,23,24,27). The molecule has 1 unspecified atom stereocenters. The summed E-state index contributed by atoms with van der Waals surface area (Å²) in [5.41, 5.74) is 2.23. The van der Waals surface area contributed by atoms with Crippen molar-refractivity contribution in [3.8, 4) is 0 Å². The highest BCUT2D eigenvalue weighted by molar-refractivity contribution is 9.10. The van der Waals surface area contributed by atoms with Crippen molar-refractivity contribution in [1.82, 2.24) is 14.9 Å². The summed E-state index contributed by atoms with van der Waals surface area (Å²) in [6, 6.07) is 12.7. The highest BCUT2D eigenvalue weighted by Crippen LogP contribution is 2.20. The quantitative estimate of drug-likeness (QED) is 0.650. The van der Waals surface area contributed by atoms with Crippen molar-refractivity contribution in [1.29, 1.82) is 0 Å². The average Bonchev–Trinajstić information content (AvgIpc) is 2.63. The molecule has 2 aromatic carbocycles. The Kier molecular flexibility index (Phi) is 5.72. The number of nitrogens with zero attached hydrogens (tertiary/aromatic N) is 2. The van der Waals surface area contributed by atoms with Crippen LogP contribution in [0.5, 0.6) is 0 Å². The number of anilines is 1. The van der Waals surface area contributed by atoms with Gasteiger partial charge in [0.1, 0.15) is 5.82 Å². The summed E-state index contributed by atoms with van der Waals surface area (Å²) < 4.78 is 0.968. The number of halogens is 1. The highest BCUT2D eigenvalue weighted by atomic mass is 79.9. The SMILES string of the molecule is Cc1cc(Br)ccc1NC(=O)CN(C)C(C)c1nc2ccccc2c(=O)[nH]1. The van der Waals surface area contributed by atoms with Gasteiger partial charge in [-0.15, -0.1) is 0 Å². The molecule has 3 aromatic rings. The normalized spacial score (nSPS) is 12.3. The fourth-order valence-electron chi connectivity index (χ4n) is 2.83. The monoisotopic (exact) mass is 428 g/mol. The maximum absolute atomic E-state index is 12.4. The first-order valence-corrected chi connectivity index (χ1v) is 9.39. The molecular formula is C20H21BrN4O2. The lowest BCUT2D eigenvalue weighted by molar-refractivity contribution is -0.117. The minimum atomic E-state index is -0.223. The largest absolute Gasteiger partial charge is 0.325 e. The molecule has 7 heteroatoms. The van der Waals surface area contributed by atoms with Crippen molar-refractivity contribution in [3.05, 3.63) is 68.7 Å². The number of aromatic nitrogens is 2. The number of para-hydroxylation sites is 1. The second-order valence-electron chi connectivity index (χ2n) is 6.57. The average molecular weight is 429 g/mol. The van der Waals surface area contributed by atoms with Crippen molar-refractivity contribution in [2.75, 3.05) is 18.9 Å². The summed E-state index contributed by atoms with van der Waals surface area (Å²) in [5, 5.41) is 3.48. The lowest BCUT2D eigenvalue weighted by Gasteiger charge is -2.23. The van der Waals surface area contributed by atoms with Crippen molar-refractivity contribution in [3.63, 3.8) is 0 Å². The van der Waals surface area contributed by atoms with Crippen LogP contribution in [0.1, 0.15) is 24.4 Å². The molecule has 140 valence electrons. The van der Waals surface area contributed by atoms with E-state index in [4.69, 9.17) is 0 Å². The summed E-state index contributed by atoms with van der Waals surface area (Å²) in [7, 11) is 1.83. The van der Waals surface area contributed by atoms with Gasteiger partial charge in [0.05, 0.1) is 23.5 Å². The maximum Gasteiger partial charge on any atom is 0.258 e. The highest BCUT2D eigenvalue weighted by Gasteiger charge is 2.18. The number of nitrogens with one attached hydrogen (secondary N) is 2. The molecule has 1 heterocycles. The molecule has 27 heavy (non-hydrogen) atoms. The van der Waals surface area contributed by atoms with E-state index in [1.807, 2.05) is 62.2 Å². The Hall–Kier alpha value is -2.51. The Morgan fingerprint density at radius 3 is 2.78 bits per heavy atom. The summed E-state index contributed by atoms with van der Waals surface area (Å²) in [6.07, 6.45) is 0. The van der Waals surface area contributed by atoms with Gasteiger partial charge in [0, 0.05) is 10.2 Å². The van der Waals surface area contributed by atoms with Crippen LogP contribution in [0.2, 0.25) is 0 Å². The second kappa shape index (κ2) is 8.02. The molecular weight excluding hydrogens is 408 g/mol. The van der Waals surface area contributed by atoms with Gasteiger partial charge in [0.15, 0.2) is 0 Å². The predicted octanol–water partition coefficient (Wildman–Crippen LogP) is 3.63. The first-order valence-electron chi connectivity index (χ1n) is 8.60. The van der Waals surface area contributed by atoms with Gasteiger partial charge in [-0.25, -0.2) is 4.98 Å². The van der Waals surface area contributed by atoms with E-state index < -0.39 is 0 Å². The molecule has 0 aliphatic carbocycles. The van der Waals surface area contributed by atoms with E-state index in [0.29, 0.717) is 16.7 Å². The second-order valence-corrected chi connectivity index (χ2v) is 7.48. The van der Waals surface area contributed by atoms with Crippen LogP contribution in [0.15, 0.2) is 51.7 Å². The van der Waals surface area contributed by atoms with Crippen molar-refractivity contribution in [2.24, 2.45) is 0 Å². The number of benzene rings is 2. The summed E-state index contributed by atoms with van der Waals surface area (Å²) in [6.45, 7) is 4.02. The Morgan fingerprint density at radius 1 is 1.30 bits per heavy atom. The lowest BCUT2D eigenvalue weighted by atomic mass is 10.2. The number of aryl methyl sites for hydroxylation is 1. The first-order chi connectivity index (χ1) is 12.8. The van der Waals surface area contributed by atoms with E-state index in [9.17, 15) is 9.59 Å². The molecule has 0 fully saturated rings. The summed E-state index contributed by atoms with van der Waals surface area (Å²) in [4.78, 5) is 33.9. The van der Waals surface area contributed by atoms with E-state index in [0.717, 1.165) is 15.7 Å². The molecule has 3 rings (SSSR count). The van der Waals surface area contributed by atoms with Crippen LogP contribution in [0, 0.1) is 6.92 Å². The molecule has 0 saturated heterocycles. The van der Waals surface area contributed by atoms with Gasteiger partial charge in [-0.05, 0) is 56.8 Å². The number of rotatable bonds is 5. The molecule has 2 N–H and O–H groups in total. The maximum atomic E-state index is 12.4. The van der Waals surface area contributed by atoms with Crippen molar-refractivity contribution >= 4 is 38.4 Å². The summed E-state index contributed by atoms with van der Waals surface area (Å²) >= 11 is 3.41. The zero-order valence-corrected chi connectivity index (χ0v) is 17.0. The minimum absolute atomic E-state index is 0.127. The number of aromatic amines is 1. The number of carbonyl (C=O) groups excluding carboxylic acids is 1. The number of H-pyrrole nitrogens is 1. The zero-order valence-electron chi connectivity index (χ0n) is 15.4. The summed E-state index contributed by atoms with van der Waals surface area (Å²) in [5.74, 6) is 0.409. The Morgan fingerprint density at radius 2 is 2.04 bits per heavy atom. The first kappa shape index (κ1) is 19.3. The fraction of sp³-hybridized carbons (Fsp3) is 0.250. The van der Waals surface area contributed by atoms with E-state index >= 15 is 0 Å². The van der Waals surface area contributed by atoms with Gasteiger partial charge in [-0.3, -0.25) is 14.5 Å². The molecule has 0 spiro atoms. The molecule has 6 nitrogen and oxygen atoms in total. The van der Waals surface area contributed by atoms with Crippen LogP contribution in [-0.2, 0) is 4.79 Å². The van der Waals surface area contributed by atoms with Crippen LogP contribution in [0.25, 0.3) is 10.9 Å². The smallest absolute Gasteiger partial charge is 0.258 e. The van der Waals surface area contributed by atoms with Gasteiger partial charge in [-0.2, -0.15) is 0 Å². The number of carbonyl (C=O) groups is 1. The molecule has 0 aliphatic rings. The Bertz CT molecular complexity index is 1050. The van der Waals surface area contributed by atoms with Gasteiger partial charge < -0.3 is 10.3 Å². The predicted molar refractivity (Wildman–Crippen MR) is 111 cm³/mol. The Labute approximate surface area is 165 Å². The van der Waals surface area contributed by atoms with Gasteiger partial charge in [-0.1, -0.05) is 28.1 Å². The Balaban J connectivity index is 1.72. The van der Waals surface area contributed by atoms with Crippen LogP contribution < -0.4 is 10.9 Å². The van der Waals surface area contributed by atoms with Gasteiger partial charge in [0.25, 0.3) is 5.56 Å². The molecule has 0 bridgehead atoms. The topological polar surface area (TPSA) is 78.1 Å². The van der Waals surface area contributed by atoms with E-state index in [2.05, 4.69) is 31.2 Å². The van der Waals surface area contributed by atoms with E-state index in [-0.39, 0.29) is 24.1 Å². The minimum Gasteiger partial charge on any atom is -0.325 e. The van der Waals surface area contributed by atoms with Crippen molar-refractivity contribution in [2.45, 2.75) is 19.9 Å². The number of hydrogen-bond acceptors (Lipinski definition) is 4. The third-order valence-electron chi connectivity index (χ3n) is 4.54. The molecule has 0 radical (unpaired) electrons. The molecule has 0 saturated carbocycles. The van der Waals surface area contributed by atoms with E-state index in [1.54, 1.807) is 6.07 Å². The van der Waals surface area contributed by atoms with Crippen LogP contribution in [-0.4, -0.2) is 34.4 Å². The third-order valence-corrected chi connectivity index (χ3v) is 5.04. The lowest BCUT2D eigenvalue weighted by Crippen LogP contribution is -2.33. The van der Waals surface area contributed by atoms with E-state index in [1.165, 1.54) is 0 Å². The molecule has 0 aliphatic heterocycles. The molecule has 1 aromatic heterocycles. The van der Waals surface area contributed by atoms with Gasteiger partial charge in [0.2, 0.25) is 5.91 Å². The molecule has 1 amide bonds. The van der Waals surface area contributed by atoms with Crippen LogP contribution in [0.3, 0.4) is 0 Å². The zero-order chi connectivity index (χ0) is 19.6. The number of hydrogen-bond donors (Lipinski definition) is 2.